The number of hydrogen-bond donors (Lipinski definition) is 1. The normalized spacial score (nSPS) is 9.83. The van der Waals surface area contributed by atoms with Crippen LogP contribution in [0.4, 0.5) is 0 Å². The van der Waals surface area contributed by atoms with Crippen molar-refractivity contribution in [3.63, 3.8) is 0 Å². The van der Waals surface area contributed by atoms with Gasteiger partial charge in [0.05, 0.1) is 11.5 Å². The third-order valence-corrected chi connectivity index (χ3v) is 4.10. The van der Waals surface area contributed by atoms with Crippen molar-refractivity contribution in [1.29, 1.82) is 0 Å². The molecule has 0 aromatic carbocycles. The molecule has 3 nitrogen and oxygen atoms in total. The number of nitrogens with zero attached hydrogens (tertiary/aromatic N) is 2. The predicted molar refractivity (Wildman–Crippen MR) is 74.5 cm³/mol. The van der Waals surface area contributed by atoms with Crippen LogP contribution in [0.3, 0.4) is 0 Å². The van der Waals surface area contributed by atoms with Crippen molar-refractivity contribution in [3.05, 3.63) is 40.3 Å². The van der Waals surface area contributed by atoms with E-state index in [0.717, 1.165) is 15.8 Å². The smallest absolute Gasteiger partial charge is 0.187 e. The van der Waals surface area contributed by atoms with E-state index in [1.807, 2.05) is 12.1 Å². The number of thiophene rings is 1. The van der Waals surface area contributed by atoms with Crippen molar-refractivity contribution < 1.29 is 5.11 Å². The van der Waals surface area contributed by atoms with Gasteiger partial charge in [-0.1, -0.05) is 23.6 Å². The van der Waals surface area contributed by atoms with Gasteiger partial charge >= 0.3 is 0 Å². The molecule has 0 aliphatic carbocycles. The monoisotopic (exact) mass is 276 g/mol. The Hall–Kier alpha value is -1.35. The molecule has 2 aromatic heterocycles. The number of rotatable bonds is 4. The van der Waals surface area contributed by atoms with Gasteiger partial charge in [-0.15, -0.1) is 11.3 Å². The molecule has 0 fully saturated rings. The molecule has 2 aromatic rings. The molecular weight excluding hydrogens is 264 g/mol. The minimum Gasteiger partial charge on any atom is -0.395 e. The van der Waals surface area contributed by atoms with E-state index in [9.17, 15) is 0 Å². The van der Waals surface area contributed by atoms with Crippen LogP contribution in [0.2, 0.25) is 0 Å². The molecule has 0 bridgehead atoms. The summed E-state index contributed by atoms with van der Waals surface area (Å²) in [6.45, 7) is 0.117. The number of hydrogen-bond acceptors (Lipinski definition) is 5. The highest BCUT2D eigenvalue weighted by Crippen LogP contribution is 2.24. The van der Waals surface area contributed by atoms with E-state index < -0.39 is 0 Å². The quantitative estimate of drug-likeness (QED) is 0.529. The van der Waals surface area contributed by atoms with Crippen LogP contribution < -0.4 is 0 Å². The van der Waals surface area contributed by atoms with Crippen molar-refractivity contribution in [2.75, 3.05) is 6.61 Å². The molecule has 0 spiro atoms. The van der Waals surface area contributed by atoms with Crippen LogP contribution in [0, 0.1) is 11.8 Å². The van der Waals surface area contributed by atoms with Crippen LogP contribution in [-0.4, -0.2) is 21.7 Å². The summed E-state index contributed by atoms with van der Waals surface area (Å²) in [5, 5.41) is 9.43. The van der Waals surface area contributed by atoms with Gasteiger partial charge in [-0.3, -0.25) is 0 Å². The van der Waals surface area contributed by atoms with E-state index in [4.69, 9.17) is 5.11 Å². The molecule has 0 atom stereocenters. The summed E-state index contributed by atoms with van der Waals surface area (Å²) in [5.74, 6) is 6.81. The minimum absolute atomic E-state index is 0.117. The van der Waals surface area contributed by atoms with Crippen molar-refractivity contribution in [2.24, 2.45) is 0 Å². The zero-order chi connectivity index (χ0) is 12.6. The molecule has 0 radical (unpaired) electrons. The van der Waals surface area contributed by atoms with Gasteiger partial charge in [0.2, 0.25) is 0 Å². The standard InChI is InChI=1S/C13H12N2OS2/c16-9-2-1-4-11-5-6-12(18-11)10-17-13-14-7-3-8-15-13/h3,5-8,16H,2,9-10H2. The van der Waals surface area contributed by atoms with Gasteiger partial charge in [0.25, 0.3) is 0 Å². The van der Waals surface area contributed by atoms with Crippen LogP contribution in [0.25, 0.3) is 0 Å². The molecule has 18 heavy (non-hydrogen) atoms. The van der Waals surface area contributed by atoms with Gasteiger partial charge in [0.15, 0.2) is 5.16 Å². The Balaban J connectivity index is 1.90. The first-order valence-electron chi connectivity index (χ1n) is 5.47. The molecule has 2 heterocycles. The number of thioether (sulfide) groups is 1. The zero-order valence-electron chi connectivity index (χ0n) is 9.67. The molecule has 0 aliphatic heterocycles. The van der Waals surface area contributed by atoms with Gasteiger partial charge in [0, 0.05) is 29.4 Å². The maximum Gasteiger partial charge on any atom is 0.187 e. The molecule has 1 N–H and O–H groups in total. The lowest BCUT2D eigenvalue weighted by atomic mass is 10.4. The highest BCUT2D eigenvalue weighted by atomic mass is 32.2. The average Bonchev–Trinajstić information content (AvgIpc) is 2.86. The van der Waals surface area contributed by atoms with E-state index in [1.165, 1.54) is 4.88 Å². The highest BCUT2D eigenvalue weighted by molar-refractivity contribution is 7.98. The Bertz CT molecular complexity index is 543. The Morgan fingerprint density at radius 3 is 2.89 bits per heavy atom. The fourth-order valence-corrected chi connectivity index (χ4v) is 2.95. The number of aliphatic hydroxyl groups excluding tert-OH is 1. The van der Waals surface area contributed by atoms with Gasteiger partial charge in [-0.2, -0.15) is 0 Å². The van der Waals surface area contributed by atoms with E-state index >= 15 is 0 Å². The Kier molecular flexibility index (Phi) is 5.21. The molecule has 0 amide bonds. The van der Waals surface area contributed by atoms with Crippen LogP contribution >= 0.6 is 23.1 Å². The van der Waals surface area contributed by atoms with Crippen molar-refractivity contribution >= 4 is 23.1 Å². The number of aromatic nitrogens is 2. The predicted octanol–water partition coefficient (Wildman–Crippen LogP) is 2.56. The van der Waals surface area contributed by atoms with Crippen molar-refractivity contribution in [3.8, 4) is 11.8 Å². The van der Waals surface area contributed by atoms with Crippen LogP contribution in [0.15, 0.2) is 35.7 Å². The van der Waals surface area contributed by atoms with Crippen LogP contribution in [0.1, 0.15) is 16.2 Å². The first kappa shape index (κ1) is 13.1. The number of aliphatic hydroxyl groups is 1. The largest absolute Gasteiger partial charge is 0.395 e. The third-order valence-electron chi connectivity index (χ3n) is 2.00. The summed E-state index contributed by atoms with van der Waals surface area (Å²) in [6, 6.07) is 5.89. The van der Waals surface area contributed by atoms with E-state index in [2.05, 4.69) is 27.9 Å². The first-order chi connectivity index (χ1) is 8.88. The molecule has 0 aliphatic rings. The zero-order valence-corrected chi connectivity index (χ0v) is 11.3. The Labute approximate surface area is 114 Å². The first-order valence-corrected chi connectivity index (χ1v) is 7.27. The van der Waals surface area contributed by atoms with Gasteiger partial charge < -0.3 is 5.11 Å². The van der Waals surface area contributed by atoms with E-state index in [-0.39, 0.29) is 6.61 Å². The molecule has 0 saturated carbocycles. The summed E-state index contributed by atoms with van der Waals surface area (Å²) < 4.78 is 0. The lowest BCUT2D eigenvalue weighted by Crippen LogP contribution is -1.83. The van der Waals surface area contributed by atoms with Crippen LogP contribution in [0.5, 0.6) is 0 Å². The molecular formula is C13H12N2OS2. The van der Waals surface area contributed by atoms with Crippen molar-refractivity contribution in [1.82, 2.24) is 9.97 Å². The Morgan fingerprint density at radius 2 is 2.11 bits per heavy atom. The second-order valence-corrected chi connectivity index (χ2v) is 5.47. The third kappa shape index (κ3) is 4.15. The summed E-state index contributed by atoms with van der Waals surface area (Å²) in [6.07, 6.45) is 4.02. The van der Waals surface area contributed by atoms with Gasteiger partial charge in [0.1, 0.15) is 0 Å². The molecule has 0 saturated heterocycles. The SMILES string of the molecule is OCCC#Cc1ccc(CSc2ncccn2)s1. The van der Waals surface area contributed by atoms with Gasteiger partial charge in [-0.05, 0) is 18.2 Å². The van der Waals surface area contributed by atoms with E-state index in [1.54, 1.807) is 35.5 Å². The summed E-state index contributed by atoms with van der Waals surface area (Å²) in [4.78, 5) is 10.6. The van der Waals surface area contributed by atoms with Crippen LogP contribution in [-0.2, 0) is 5.75 Å². The Morgan fingerprint density at radius 1 is 1.28 bits per heavy atom. The summed E-state index contributed by atoms with van der Waals surface area (Å²) >= 11 is 3.29. The minimum atomic E-state index is 0.117. The molecule has 5 heteroatoms. The molecule has 2 rings (SSSR count). The topological polar surface area (TPSA) is 46.0 Å². The lowest BCUT2D eigenvalue weighted by Gasteiger charge is -1.95. The highest BCUT2D eigenvalue weighted by Gasteiger charge is 2.01. The van der Waals surface area contributed by atoms with Gasteiger partial charge in [-0.25, -0.2) is 9.97 Å². The molecule has 0 unspecified atom stereocenters. The maximum atomic E-state index is 8.64. The fourth-order valence-electron chi connectivity index (χ4n) is 1.22. The fraction of sp³-hybridized carbons (Fsp3) is 0.231. The second-order valence-electron chi connectivity index (χ2n) is 3.36. The molecule has 92 valence electrons. The maximum absolute atomic E-state index is 8.64. The lowest BCUT2D eigenvalue weighted by molar-refractivity contribution is 0.305. The summed E-state index contributed by atoms with van der Waals surface area (Å²) in [7, 11) is 0. The average molecular weight is 276 g/mol. The summed E-state index contributed by atoms with van der Waals surface area (Å²) in [5.41, 5.74) is 0. The van der Waals surface area contributed by atoms with Crippen molar-refractivity contribution in [2.45, 2.75) is 17.3 Å². The second kappa shape index (κ2) is 7.17. The van der Waals surface area contributed by atoms with E-state index in [0.29, 0.717) is 6.42 Å².